The van der Waals surface area contributed by atoms with Crippen molar-refractivity contribution in [2.24, 2.45) is 0 Å². The SMILES string of the molecule is COc1ccc(C=C2C(=O)NC(=S)N(C)C2=O)cc1COc1ccc(NC(C)=O)cc1. The lowest BCUT2D eigenvalue weighted by molar-refractivity contribution is -0.128. The quantitative estimate of drug-likeness (QED) is 0.408. The molecular formula is C22H21N3O5S. The Morgan fingerprint density at radius 3 is 2.55 bits per heavy atom. The Morgan fingerprint density at radius 1 is 1.19 bits per heavy atom. The second-order valence-corrected chi connectivity index (χ2v) is 7.13. The van der Waals surface area contributed by atoms with Crippen LogP contribution in [0.1, 0.15) is 18.1 Å². The van der Waals surface area contributed by atoms with Crippen LogP contribution in [0, 0.1) is 0 Å². The zero-order valence-corrected chi connectivity index (χ0v) is 18.0. The van der Waals surface area contributed by atoms with Crippen LogP contribution < -0.4 is 20.1 Å². The molecule has 1 fully saturated rings. The number of nitrogens with one attached hydrogen (secondary N) is 2. The molecule has 2 aromatic rings. The summed E-state index contributed by atoms with van der Waals surface area (Å²) in [5, 5.41) is 5.24. The summed E-state index contributed by atoms with van der Waals surface area (Å²) in [5.41, 5.74) is 2.03. The number of carbonyl (C=O) groups excluding carboxylic acids is 3. The third-order valence-electron chi connectivity index (χ3n) is 4.49. The van der Waals surface area contributed by atoms with Crippen molar-refractivity contribution < 1.29 is 23.9 Å². The molecule has 0 atom stereocenters. The van der Waals surface area contributed by atoms with E-state index in [1.54, 1.807) is 49.6 Å². The fraction of sp³-hybridized carbons (Fsp3) is 0.182. The average Bonchev–Trinajstić information content (AvgIpc) is 2.74. The Hall–Kier alpha value is -3.72. The van der Waals surface area contributed by atoms with Gasteiger partial charge < -0.3 is 14.8 Å². The highest BCUT2D eigenvalue weighted by Gasteiger charge is 2.30. The Morgan fingerprint density at radius 2 is 1.90 bits per heavy atom. The summed E-state index contributed by atoms with van der Waals surface area (Å²) in [6.45, 7) is 1.64. The topological polar surface area (TPSA) is 97.0 Å². The van der Waals surface area contributed by atoms with Gasteiger partial charge in [0.2, 0.25) is 5.91 Å². The standard InChI is InChI=1S/C22H21N3O5S/c1-13(26)23-16-5-7-17(8-6-16)30-12-15-10-14(4-9-19(15)29-3)11-18-20(27)24-22(31)25(2)21(18)28/h4-11H,12H2,1-3H3,(H,23,26)(H,24,27,31). The number of methoxy groups -OCH3 is 1. The van der Waals surface area contributed by atoms with Gasteiger partial charge in [-0.25, -0.2) is 0 Å². The monoisotopic (exact) mass is 439 g/mol. The predicted octanol–water partition coefficient (Wildman–Crippen LogP) is 2.49. The van der Waals surface area contributed by atoms with Gasteiger partial charge in [-0.1, -0.05) is 6.07 Å². The van der Waals surface area contributed by atoms with Crippen LogP contribution in [0.3, 0.4) is 0 Å². The normalized spacial score (nSPS) is 15.0. The van der Waals surface area contributed by atoms with E-state index in [9.17, 15) is 14.4 Å². The van der Waals surface area contributed by atoms with Gasteiger partial charge in [-0.15, -0.1) is 0 Å². The molecule has 1 heterocycles. The second kappa shape index (κ2) is 9.40. The molecule has 0 saturated carbocycles. The molecule has 160 valence electrons. The lowest BCUT2D eigenvalue weighted by atomic mass is 10.0. The molecule has 1 aliphatic heterocycles. The number of benzene rings is 2. The lowest BCUT2D eigenvalue weighted by Gasteiger charge is -2.25. The van der Waals surface area contributed by atoms with Gasteiger partial charge in [-0.3, -0.25) is 24.6 Å². The fourth-order valence-corrected chi connectivity index (χ4v) is 3.09. The first-order valence-electron chi connectivity index (χ1n) is 9.31. The Bertz CT molecular complexity index is 1080. The van der Waals surface area contributed by atoms with E-state index in [1.165, 1.54) is 24.9 Å². The van der Waals surface area contributed by atoms with E-state index in [1.807, 2.05) is 0 Å². The molecule has 8 nitrogen and oxygen atoms in total. The molecule has 0 spiro atoms. The molecule has 0 bridgehead atoms. The number of carbonyl (C=O) groups is 3. The van der Waals surface area contributed by atoms with Crippen LogP contribution in [0.4, 0.5) is 5.69 Å². The van der Waals surface area contributed by atoms with Crippen molar-refractivity contribution in [3.63, 3.8) is 0 Å². The third-order valence-corrected chi connectivity index (χ3v) is 4.87. The van der Waals surface area contributed by atoms with Crippen molar-refractivity contribution in [3.8, 4) is 11.5 Å². The van der Waals surface area contributed by atoms with E-state index in [0.29, 0.717) is 22.7 Å². The van der Waals surface area contributed by atoms with Crippen LogP contribution in [0.25, 0.3) is 6.08 Å². The Balaban J connectivity index is 1.79. The van der Waals surface area contributed by atoms with Crippen LogP contribution >= 0.6 is 12.2 Å². The summed E-state index contributed by atoms with van der Waals surface area (Å²) in [5.74, 6) is 0.0525. The number of amides is 3. The van der Waals surface area contributed by atoms with E-state index in [-0.39, 0.29) is 23.2 Å². The largest absolute Gasteiger partial charge is 0.496 e. The van der Waals surface area contributed by atoms with Gasteiger partial charge in [-0.05, 0) is 60.3 Å². The Labute approximate surface area is 184 Å². The molecular weight excluding hydrogens is 418 g/mol. The van der Waals surface area contributed by atoms with Crippen molar-refractivity contribution in [2.75, 3.05) is 19.5 Å². The number of hydrogen-bond acceptors (Lipinski definition) is 6. The van der Waals surface area contributed by atoms with Gasteiger partial charge in [0.1, 0.15) is 23.7 Å². The van der Waals surface area contributed by atoms with Gasteiger partial charge in [0, 0.05) is 25.2 Å². The molecule has 3 rings (SSSR count). The molecule has 0 aliphatic carbocycles. The first kappa shape index (κ1) is 22.0. The molecule has 9 heteroatoms. The maximum Gasteiger partial charge on any atom is 0.265 e. The Kier molecular flexibility index (Phi) is 6.66. The summed E-state index contributed by atoms with van der Waals surface area (Å²) < 4.78 is 11.2. The van der Waals surface area contributed by atoms with Crippen molar-refractivity contribution in [1.82, 2.24) is 10.2 Å². The zero-order valence-electron chi connectivity index (χ0n) is 17.2. The fourth-order valence-electron chi connectivity index (χ4n) is 2.91. The number of thiocarbonyl (C=S) groups is 1. The minimum absolute atomic E-state index is 0.0123. The smallest absolute Gasteiger partial charge is 0.265 e. The number of ether oxygens (including phenoxy) is 2. The number of nitrogens with zero attached hydrogens (tertiary/aromatic N) is 1. The molecule has 2 aromatic carbocycles. The van der Waals surface area contributed by atoms with Crippen molar-refractivity contribution in [1.29, 1.82) is 0 Å². The van der Waals surface area contributed by atoms with E-state index in [2.05, 4.69) is 10.6 Å². The third kappa shape index (κ3) is 5.26. The molecule has 0 aromatic heterocycles. The molecule has 2 N–H and O–H groups in total. The highest BCUT2D eigenvalue weighted by molar-refractivity contribution is 7.80. The molecule has 1 aliphatic rings. The van der Waals surface area contributed by atoms with Crippen molar-refractivity contribution >= 4 is 46.8 Å². The molecule has 31 heavy (non-hydrogen) atoms. The first-order valence-corrected chi connectivity index (χ1v) is 9.71. The van der Waals surface area contributed by atoms with E-state index < -0.39 is 11.8 Å². The molecule has 0 unspecified atom stereocenters. The molecule has 0 radical (unpaired) electrons. The number of anilines is 1. The average molecular weight is 439 g/mol. The highest BCUT2D eigenvalue weighted by Crippen LogP contribution is 2.25. The zero-order chi connectivity index (χ0) is 22.5. The minimum atomic E-state index is -0.541. The van der Waals surface area contributed by atoms with Crippen LogP contribution in [-0.2, 0) is 21.0 Å². The molecule has 3 amide bonds. The van der Waals surface area contributed by atoms with E-state index in [0.717, 1.165) is 5.56 Å². The maximum atomic E-state index is 12.4. The first-order chi connectivity index (χ1) is 14.8. The minimum Gasteiger partial charge on any atom is -0.496 e. The summed E-state index contributed by atoms with van der Waals surface area (Å²) >= 11 is 4.96. The summed E-state index contributed by atoms with van der Waals surface area (Å²) in [6, 6.07) is 12.2. The van der Waals surface area contributed by atoms with Crippen LogP contribution in [0.15, 0.2) is 48.0 Å². The highest BCUT2D eigenvalue weighted by atomic mass is 32.1. The van der Waals surface area contributed by atoms with Crippen LogP contribution in [0.5, 0.6) is 11.5 Å². The van der Waals surface area contributed by atoms with Gasteiger partial charge in [0.05, 0.1) is 7.11 Å². The van der Waals surface area contributed by atoms with Crippen molar-refractivity contribution in [2.45, 2.75) is 13.5 Å². The van der Waals surface area contributed by atoms with Crippen LogP contribution in [-0.4, -0.2) is 41.9 Å². The lowest BCUT2D eigenvalue weighted by Crippen LogP contribution is -2.52. The van der Waals surface area contributed by atoms with Gasteiger partial charge in [0.25, 0.3) is 11.8 Å². The summed E-state index contributed by atoms with van der Waals surface area (Å²) in [6.07, 6.45) is 1.50. The van der Waals surface area contributed by atoms with Gasteiger partial charge >= 0.3 is 0 Å². The van der Waals surface area contributed by atoms with Gasteiger partial charge in [-0.2, -0.15) is 0 Å². The van der Waals surface area contributed by atoms with E-state index >= 15 is 0 Å². The number of likely N-dealkylation sites (N-methyl/N-ethyl adjacent to an activating group) is 1. The predicted molar refractivity (Wildman–Crippen MR) is 120 cm³/mol. The number of hydrogen-bond donors (Lipinski definition) is 2. The van der Waals surface area contributed by atoms with Crippen molar-refractivity contribution in [3.05, 3.63) is 59.2 Å². The maximum absolute atomic E-state index is 12.4. The second-order valence-electron chi connectivity index (χ2n) is 6.75. The van der Waals surface area contributed by atoms with E-state index in [4.69, 9.17) is 21.7 Å². The summed E-state index contributed by atoms with van der Waals surface area (Å²) in [7, 11) is 3.05. The van der Waals surface area contributed by atoms with Gasteiger partial charge in [0.15, 0.2) is 5.11 Å². The van der Waals surface area contributed by atoms with Crippen LogP contribution in [0.2, 0.25) is 0 Å². The summed E-state index contributed by atoms with van der Waals surface area (Å²) in [4.78, 5) is 36.9. The molecule has 1 saturated heterocycles. The number of rotatable bonds is 6.